The molecule has 0 aliphatic carbocycles. The van der Waals surface area contributed by atoms with Crippen LogP contribution in [0.4, 0.5) is 0 Å². The van der Waals surface area contributed by atoms with Gasteiger partial charge in [0.2, 0.25) is 0 Å². The number of rotatable bonds is 5. The summed E-state index contributed by atoms with van der Waals surface area (Å²) in [6.07, 6.45) is 8.85. The number of allylic oxidation sites excluding steroid dienone is 4. The van der Waals surface area contributed by atoms with E-state index in [2.05, 4.69) is 43.5 Å². The van der Waals surface area contributed by atoms with Crippen LogP contribution >= 0.6 is 0 Å². The number of benzene rings is 1. The fraction of sp³-hybridized carbons (Fsp3) is 0.143. The lowest BCUT2D eigenvalue weighted by Gasteiger charge is -2.06. The van der Waals surface area contributed by atoms with Crippen LogP contribution in [-0.2, 0) is 6.42 Å². The van der Waals surface area contributed by atoms with Gasteiger partial charge < -0.3 is 0 Å². The van der Waals surface area contributed by atoms with Crippen LogP contribution in [0.1, 0.15) is 5.56 Å². The first kappa shape index (κ1) is 10.5. The summed E-state index contributed by atoms with van der Waals surface area (Å²) in [6, 6.07) is 10.4. The van der Waals surface area contributed by atoms with Crippen LogP contribution in [0.2, 0.25) is 0 Å². The smallest absolute Gasteiger partial charge is 0.00126 e. The predicted octanol–water partition coefficient (Wildman–Crippen LogP) is 3.77. The normalized spacial score (nSPS) is 12.6. The van der Waals surface area contributed by atoms with Gasteiger partial charge in [0.15, 0.2) is 0 Å². The predicted molar refractivity (Wildman–Crippen MR) is 63.2 cm³/mol. The van der Waals surface area contributed by atoms with Gasteiger partial charge in [0.1, 0.15) is 0 Å². The molecular weight excluding hydrogens is 168 g/mol. The molecular formula is C14H16. The topological polar surface area (TPSA) is 0 Å². The molecule has 0 radical (unpaired) electrons. The van der Waals surface area contributed by atoms with E-state index >= 15 is 0 Å². The molecule has 0 bridgehead atoms. The second-order valence-corrected chi connectivity index (χ2v) is 3.21. The van der Waals surface area contributed by atoms with Crippen LogP contribution in [0.5, 0.6) is 0 Å². The van der Waals surface area contributed by atoms with Crippen molar-refractivity contribution in [3.05, 3.63) is 73.4 Å². The van der Waals surface area contributed by atoms with E-state index in [9.17, 15) is 0 Å². The van der Waals surface area contributed by atoms with Gasteiger partial charge in [0.05, 0.1) is 0 Å². The van der Waals surface area contributed by atoms with Crippen molar-refractivity contribution in [3.63, 3.8) is 0 Å². The maximum atomic E-state index is 3.82. The Hall–Kier alpha value is -1.56. The van der Waals surface area contributed by atoms with Crippen LogP contribution in [0.15, 0.2) is 67.8 Å². The Labute approximate surface area is 86.3 Å². The molecule has 0 heteroatoms. The Morgan fingerprint density at radius 3 is 2.43 bits per heavy atom. The average Bonchev–Trinajstić information content (AvgIpc) is 2.25. The Morgan fingerprint density at radius 2 is 1.86 bits per heavy atom. The standard InChI is InChI=1S/C14H16/c1-3-5-9-13(4-2)12-14-10-7-6-8-11-14/h3-11,13H,1-2,12H2. The van der Waals surface area contributed by atoms with E-state index in [0.717, 1.165) is 6.42 Å². The van der Waals surface area contributed by atoms with Crippen molar-refractivity contribution in [1.82, 2.24) is 0 Å². The molecule has 0 saturated carbocycles. The van der Waals surface area contributed by atoms with E-state index in [0.29, 0.717) is 5.92 Å². The highest BCUT2D eigenvalue weighted by atomic mass is 14.0. The van der Waals surface area contributed by atoms with Gasteiger partial charge in [0.25, 0.3) is 0 Å². The Bertz CT molecular complexity index is 306. The maximum absolute atomic E-state index is 3.82. The summed E-state index contributed by atoms with van der Waals surface area (Å²) < 4.78 is 0. The van der Waals surface area contributed by atoms with Crippen molar-refractivity contribution in [2.45, 2.75) is 6.42 Å². The summed E-state index contributed by atoms with van der Waals surface area (Å²) in [5.74, 6) is 0.399. The summed E-state index contributed by atoms with van der Waals surface area (Å²) in [5, 5.41) is 0. The maximum Gasteiger partial charge on any atom is -0.00126 e. The van der Waals surface area contributed by atoms with E-state index in [-0.39, 0.29) is 0 Å². The monoisotopic (exact) mass is 184 g/mol. The van der Waals surface area contributed by atoms with Gasteiger partial charge in [-0.25, -0.2) is 0 Å². The molecule has 1 atom stereocenters. The minimum atomic E-state index is 0.399. The second kappa shape index (κ2) is 5.98. The third kappa shape index (κ3) is 3.44. The van der Waals surface area contributed by atoms with Gasteiger partial charge in [-0.3, -0.25) is 0 Å². The zero-order valence-corrected chi connectivity index (χ0v) is 8.39. The van der Waals surface area contributed by atoms with Gasteiger partial charge in [0, 0.05) is 0 Å². The van der Waals surface area contributed by atoms with E-state index in [1.165, 1.54) is 5.56 Å². The molecule has 0 aromatic heterocycles. The summed E-state index contributed by atoms with van der Waals surface area (Å²) >= 11 is 0. The van der Waals surface area contributed by atoms with Crippen molar-refractivity contribution < 1.29 is 0 Å². The minimum Gasteiger partial charge on any atom is -0.102 e. The molecule has 14 heavy (non-hydrogen) atoms. The fourth-order valence-corrected chi connectivity index (χ4v) is 1.34. The number of hydrogen-bond acceptors (Lipinski definition) is 0. The fourth-order valence-electron chi connectivity index (χ4n) is 1.34. The van der Waals surface area contributed by atoms with Gasteiger partial charge in [-0.15, -0.1) is 6.58 Å². The zero-order chi connectivity index (χ0) is 10.2. The van der Waals surface area contributed by atoms with Crippen molar-refractivity contribution in [2.24, 2.45) is 5.92 Å². The zero-order valence-electron chi connectivity index (χ0n) is 8.39. The Balaban J connectivity index is 2.61. The third-order valence-electron chi connectivity index (χ3n) is 2.11. The van der Waals surface area contributed by atoms with Crippen molar-refractivity contribution >= 4 is 0 Å². The van der Waals surface area contributed by atoms with E-state index < -0.39 is 0 Å². The molecule has 0 N–H and O–H groups in total. The minimum absolute atomic E-state index is 0.399. The Morgan fingerprint density at radius 1 is 1.14 bits per heavy atom. The van der Waals surface area contributed by atoms with Crippen molar-refractivity contribution in [2.75, 3.05) is 0 Å². The highest BCUT2D eigenvalue weighted by Crippen LogP contribution is 2.10. The van der Waals surface area contributed by atoms with E-state index in [1.54, 1.807) is 6.08 Å². The van der Waals surface area contributed by atoms with Crippen LogP contribution in [0, 0.1) is 5.92 Å². The molecule has 0 aliphatic heterocycles. The lowest BCUT2D eigenvalue weighted by molar-refractivity contribution is 0.807. The molecule has 1 unspecified atom stereocenters. The van der Waals surface area contributed by atoms with E-state index in [4.69, 9.17) is 0 Å². The first-order chi connectivity index (χ1) is 6.86. The van der Waals surface area contributed by atoms with E-state index in [1.807, 2.05) is 18.2 Å². The van der Waals surface area contributed by atoms with Crippen LogP contribution in [0.3, 0.4) is 0 Å². The second-order valence-electron chi connectivity index (χ2n) is 3.21. The third-order valence-corrected chi connectivity index (χ3v) is 2.11. The Kier molecular flexibility index (Phi) is 4.49. The highest BCUT2D eigenvalue weighted by molar-refractivity contribution is 5.18. The quantitative estimate of drug-likeness (QED) is 0.482. The first-order valence-electron chi connectivity index (χ1n) is 4.82. The largest absolute Gasteiger partial charge is 0.102 e. The molecule has 1 rings (SSSR count). The molecule has 0 spiro atoms. The number of hydrogen-bond donors (Lipinski definition) is 0. The lowest BCUT2D eigenvalue weighted by Crippen LogP contribution is -1.96. The molecule has 1 aromatic rings. The molecule has 0 heterocycles. The molecule has 1 aromatic carbocycles. The van der Waals surface area contributed by atoms with Gasteiger partial charge in [-0.1, -0.05) is 61.2 Å². The summed E-state index contributed by atoms with van der Waals surface area (Å²) in [7, 11) is 0. The van der Waals surface area contributed by atoms with Crippen molar-refractivity contribution in [3.8, 4) is 0 Å². The molecule has 0 saturated heterocycles. The summed E-state index contributed by atoms with van der Waals surface area (Å²) in [4.78, 5) is 0. The molecule has 72 valence electrons. The summed E-state index contributed by atoms with van der Waals surface area (Å²) in [6.45, 7) is 7.48. The average molecular weight is 184 g/mol. The van der Waals surface area contributed by atoms with Crippen LogP contribution in [0.25, 0.3) is 0 Å². The van der Waals surface area contributed by atoms with Crippen LogP contribution in [-0.4, -0.2) is 0 Å². The van der Waals surface area contributed by atoms with Crippen molar-refractivity contribution in [1.29, 1.82) is 0 Å². The molecule has 0 aliphatic rings. The van der Waals surface area contributed by atoms with Gasteiger partial charge in [-0.2, -0.15) is 0 Å². The molecule has 0 nitrogen and oxygen atoms in total. The lowest BCUT2D eigenvalue weighted by atomic mass is 9.99. The molecule has 0 amide bonds. The molecule has 0 fully saturated rings. The van der Waals surface area contributed by atoms with Crippen LogP contribution < -0.4 is 0 Å². The summed E-state index contributed by atoms with van der Waals surface area (Å²) in [5.41, 5.74) is 1.34. The van der Waals surface area contributed by atoms with Gasteiger partial charge in [-0.05, 0) is 17.9 Å². The SMILES string of the molecule is C=CC=CC(C=C)Cc1ccccc1. The highest BCUT2D eigenvalue weighted by Gasteiger charge is 1.99. The van der Waals surface area contributed by atoms with Gasteiger partial charge >= 0.3 is 0 Å². The first-order valence-corrected chi connectivity index (χ1v) is 4.82.